The monoisotopic (exact) mass is 553 g/mol. The molecule has 2 heterocycles. The topological polar surface area (TPSA) is 55.7 Å². The van der Waals surface area contributed by atoms with E-state index in [0.717, 1.165) is 50.7 Å². The molecule has 5 rings (SSSR count). The van der Waals surface area contributed by atoms with E-state index in [2.05, 4.69) is 102 Å². The number of rotatable bonds is 10. The van der Waals surface area contributed by atoms with Crippen LogP contribution in [0.25, 0.3) is 10.9 Å². The zero-order chi connectivity index (χ0) is 28.8. The van der Waals surface area contributed by atoms with Crippen LogP contribution in [0, 0.1) is 0 Å². The van der Waals surface area contributed by atoms with Crippen LogP contribution in [0.3, 0.4) is 0 Å². The highest BCUT2D eigenvalue weighted by Gasteiger charge is 2.24. The number of methoxy groups -OCH3 is 1. The van der Waals surface area contributed by atoms with Crippen LogP contribution in [0.2, 0.25) is 0 Å². The van der Waals surface area contributed by atoms with Crippen molar-refractivity contribution < 1.29 is 14.3 Å². The van der Waals surface area contributed by atoms with Crippen LogP contribution in [-0.2, 0) is 21.5 Å². The molecule has 0 saturated carbocycles. The zero-order valence-electron chi connectivity index (χ0n) is 24.9. The summed E-state index contributed by atoms with van der Waals surface area (Å²) in [6, 6.07) is 25.6. The van der Waals surface area contributed by atoms with Gasteiger partial charge >= 0.3 is 0 Å². The minimum absolute atomic E-state index is 0.0607. The molecule has 0 spiro atoms. The van der Waals surface area contributed by atoms with Crippen molar-refractivity contribution in [3.05, 3.63) is 101 Å². The van der Waals surface area contributed by atoms with Crippen LogP contribution in [0.5, 0.6) is 5.75 Å². The van der Waals surface area contributed by atoms with Gasteiger partial charge in [-0.05, 0) is 45.9 Å². The number of para-hydroxylation sites is 1. The molecule has 6 heteroatoms. The van der Waals surface area contributed by atoms with Crippen LogP contribution in [0.1, 0.15) is 55.4 Å². The summed E-state index contributed by atoms with van der Waals surface area (Å²) in [7, 11) is 1.69. The van der Waals surface area contributed by atoms with Crippen molar-refractivity contribution >= 4 is 16.8 Å². The molecule has 0 radical (unpaired) electrons. The number of ether oxygens (including phenoxy) is 2. The Labute approximate surface area is 244 Å². The van der Waals surface area contributed by atoms with E-state index in [0.29, 0.717) is 13.0 Å². The molecule has 1 aromatic heterocycles. The molecule has 4 aromatic rings. The molecule has 1 aliphatic heterocycles. The average Bonchev–Trinajstić information content (AvgIpc) is 3.34. The largest absolute Gasteiger partial charge is 0.497 e. The Morgan fingerprint density at radius 1 is 0.976 bits per heavy atom. The van der Waals surface area contributed by atoms with E-state index in [4.69, 9.17) is 9.47 Å². The Morgan fingerprint density at radius 2 is 1.68 bits per heavy atom. The predicted octanol–water partition coefficient (Wildman–Crippen LogP) is 5.97. The molecular formula is C35H43N3O3. The van der Waals surface area contributed by atoms with E-state index in [1.165, 1.54) is 27.6 Å². The number of carbonyl (C=O) groups excluding carboxylic acids is 1. The lowest BCUT2D eigenvalue weighted by Gasteiger charge is -2.26. The van der Waals surface area contributed by atoms with Gasteiger partial charge in [0, 0.05) is 62.2 Å². The summed E-state index contributed by atoms with van der Waals surface area (Å²) >= 11 is 0. The van der Waals surface area contributed by atoms with Crippen LogP contribution < -0.4 is 10.1 Å². The molecule has 216 valence electrons. The van der Waals surface area contributed by atoms with Gasteiger partial charge in [-0.2, -0.15) is 0 Å². The number of morpholine rings is 1. The van der Waals surface area contributed by atoms with E-state index >= 15 is 0 Å². The maximum atomic E-state index is 13.4. The number of hydrogen-bond acceptors (Lipinski definition) is 4. The van der Waals surface area contributed by atoms with Crippen LogP contribution in [0.15, 0.2) is 79.0 Å². The number of fused-ring (bicyclic) bond motifs is 1. The average molecular weight is 554 g/mol. The number of nitrogens with zero attached hydrogens (tertiary/aromatic N) is 2. The van der Waals surface area contributed by atoms with Gasteiger partial charge in [-0.15, -0.1) is 0 Å². The molecule has 1 atom stereocenters. The molecule has 0 bridgehead atoms. The highest BCUT2D eigenvalue weighted by Crippen LogP contribution is 2.36. The first-order valence-corrected chi connectivity index (χ1v) is 14.7. The quantitative estimate of drug-likeness (QED) is 0.263. The van der Waals surface area contributed by atoms with Gasteiger partial charge in [-0.1, -0.05) is 75.4 Å². The number of carbonyl (C=O) groups is 1. The normalized spacial score (nSPS) is 15.1. The highest BCUT2D eigenvalue weighted by molar-refractivity contribution is 5.86. The fourth-order valence-corrected chi connectivity index (χ4v) is 5.67. The van der Waals surface area contributed by atoms with Gasteiger partial charge in [0.15, 0.2) is 0 Å². The minimum atomic E-state index is -0.0607. The van der Waals surface area contributed by atoms with Crippen LogP contribution in [-0.4, -0.2) is 61.9 Å². The Hall–Kier alpha value is -3.61. The molecule has 6 nitrogen and oxygen atoms in total. The third-order valence-electron chi connectivity index (χ3n) is 8.13. The molecular weight excluding hydrogens is 510 g/mol. The number of amides is 1. The summed E-state index contributed by atoms with van der Waals surface area (Å²) in [4.78, 5) is 15.7. The summed E-state index contributed by atoms with van der Waals surface area (Å²) in [5.41, 5.74) is 6.07. The SMILES string of the molecule is COc1ccc(Cn2cc(C(CC(=O)NCCN3CCOCC3)c3ccc(C(C)(C)C)cc3)c3ccccc32)cc1. The molecule has 41 heavy (non-hydrogen) atoms. The van der Waals surface area contributed by atoms with Gasteiger partial charge in [-0.25, -0.2) is 0 Å². The third-order valence-corrected chi connectivity index (χ3v) is 8.13. The van der Waals surface area contributed by atoms with E-state index in [1.54, 1.807) is 7.11 Å². The minimum Gasteiger partial charge on any atom is -0.497 e. The van der Waals surface area contributed by atoms with Crippen LogP contribution >= 0.6 is 0 Å². The molecule has 1 N–H and O–H groups in total. The maximum absolute atomic E-state index is 13.4. The molecule has 1 aliphatic rings. The number of nitrogens with one attached hydrogen (secondary N) is 1. The van der Waals surface area contributed by atoms with Crippen molar-refractivity contribution in [2.75, 3.05) is 46.5 Å². The highest BCUT2D eigenvalue weighted by atomic mass is 16.5. The van der Waals surface area contributed by atoms with Crippen molar-refractivity contribution in [1.29, 1.82) is 0 Å². The molecule has 1 saturated heterocycles. The molecule has 1 fully saturated rings. The Morgan fingerprint density at radius 3 is 2.37 bits per heavy atom. The van der Waals surface area contributed by atoms with Crippen molar-refractivity contribution in [3.8, 4) is 5.75 Å². The van der Waals surface area contributed by atoms with Crippen LogP contribution in [0.4, 0.5) is 0 Å². The van der Waals surface area contributed by atoms with E-state index in [9.17, 15) is 4.79 Å². The first-order valence-electron chi connectivity index (χ1n) is 14.7. The second-order valence-electron chi connectivity index (χ2n) is 12.0. The van der Waals surface area contributed by atoms with Gasteiger partial charge in [0.25, 0.3) is 0 Å². The van der Waals surface area contributed by atoms with Gasteiger partial charge in [0.2, 0.25) is 5.91 Å². The van der Waals surface area contributed by atoms with Crippen molar-refractivity contribution in [1.82, 2.24) is 14.8 Å². The number of hydrogen-bond donors (Lipinski definition) is 1. The first-order chi connectivity index (χ1) is 19.8. The van der Waals surface area contributed by atoms with Gasteiger partial charge in [-0.3, -0.25) is 9.69 Å². The lowest BCUT2D eigenvalue weighted by molar-refractivity contribution is -0.121. The molecule has 3 aromatic carbocycles. The van der Waals surface area contributed by atoms with Gasteiger partial charge in [0.05, 0.1) is 20.3 Å². The lowest BCUT2D eigenvalue weighted by Crippen LogP contribution is -2.41. The fraction of sp³-hybridized carbons (Fsp3) is 0.400. The van der Waals surface area contributed by atoms with E-state index in [-0.39, 0.29) is 17.2 Å². The Kier molecular flexibility index (Phi) is 9.11. The number of aromatic nitrogens is 1. The van der Waals surface area contributed by atoms with Crippen molar-refractivity contribution in [2.45, 2.75) is 45.1 Å². The van der Waals surface area contributed by atoms with Crippen molar-refractivity contribution in [2.24, 2.45) is 0 Å². The predicted molar refractivity (Wildman–Crippen MR) is 166 cm³/mol. The van der Waals surface area contributed by atoms with Gasteiger partial charge < -0.3 is 19.4 Å². The standard InChI is InChI=1S/C35H43N3O3/c1-35(2,3)28-13-11-27(12-14-28)31(23-34(39)36-17-18-37-19-21-41-22-20-37)32-25-38(33-8-6-5-7-30(32)33)24-26-9-15-29(40-4)16-10-26/h5-16,25,31H,17-24H2,1-4H3,(H,36,39). The van der Waals surface area contributed by atoms with E-state index < -0.39 is 0 Å². The smallest absolute Gasteiger partial charge is 0.220 e. The number of benzene rings is 3. The summed E-state index contributed by atoms with van der Waals surface area (Å²) in [5.74, 6) is 0.870. The summed E-state index contributed by atoms with van der Waals surface area (Å²) < 4.78 is 13.1. The Balaban J connectivity index is 1.44. The lowest BCUT2D eigenvalue weighted by atomic mass is 9.83. The summed E-state index contributed by atoms with van der Waals surface area (Å²) in [5, 5.41) is 4.39. The molecule has 0 aliphatic carbocycles. The second-order valence-corrected chi connectivity index (χ2v) is 12.0. The van der Waals surface area contributed by atoms with Crippen molar-refractivity contribution in [3.63, 3.8) is 0 Å². The summed E-state index contributed by atoms with van der Waals surface area (Å²) in [6.45, 7) is 12.3. The van der Waals surface area contributed by atoms with E-state index in [1.807, 2.05) is 12.1 Å². The summed E-state index contributed by atoms with van der Waals surface area (Å²) in [6.07, 6.45) is 2.65. The molecule has 1 amide bonds. The molecule has 1 unspecified atom stereocenters. The Bertz CT molecular complexity index is 1430. The third kappa shape index (κ3) is 7.19. The second kappa shape index (κ2) is 12.9. The first kappa shape index (κ1) is 28.9. The fourth-order valence-electron chi connectivity index (χ4n) is 5.67. The zero-order valence-corrected chi connectivity index (χ0v) is 24.9. The maximum Gasteiger partial charge on any atom is 0.220 e. The van der Waals surface area contributed by atoms with Gasteiger partial charge in [0.1, 0.15) is 5.75 Å².